The van der Waals surface area contributed by atoms with Gasteiger partial charge in [0.25, 0.3) is 0 Å². The number of benzene rings is 3. The molecular formula is C24H18BrClFNO2. The highest BCUT2D eigenvalue weighted by Gasteiger charge is 2.14. The van der Waals surface area contributed by atoms with E-state index in [1.54, 1.807) is 24.3 Å². The Morgan fingerprint density at radius 2 is 1.93 bits per heavy atom. The summed E-state index contributed by atoms with van der Waals surface area (Å²) in [6.45, 7) is 2.60. The Morgan fingerprint density at radius 1 is 1.13 bits per heavy atom. The Kier molecular flexibility index (Phi) is 7.51. The van der Waals surface area contributed by atoms with E-state index in [0.717, 1.165) is 11.1 Å². The van der Waals surface area contributed by atoms with E-state index in [1.807, 2.05) is 37.3 Å². The minimum atomic E-state index is -0.395. The van der Waals surface area contributed by atoms with Gasteiger partial charge in [-0.2, -0.15) is 5.26 Å². The molecule has 0 bridgehead atoms. The van der Waals surface area contributed by atoms with Gasteiger partial charge >= 0.3 is 0 Å². The fourth-order valence-electron chi connectivity index (χ4n) is 2.84. The van der Waals surface area contributed by atoms with E-state index >= 15 is 0 Å². The molecule has 0 saturated heterocycles. The molecule has 0 spiro atoms. The number of nitriles is 1. The van der Waals surface area contributed by atoms with E-state index in [-0.39, 0.29) is 6.61 Å². The highest BCUT2D eigenvalue weighted by atomic mass is 79.9. The lowest BCUT2D eigenvalue weighted by Gasteiger charge is -2.15. The van der Waals surface area contributed by atoms with Gasteiger partial charge in [0.2, 0.25) is 0 Å². The Bertz CT molecular complexity index is 1120. The van der Waals surface area contributed by atoms with E-state index in [4.69, 9.17) is 21.1 Å². The van der Waals surface area contributed by atoms with Crippen LogP contribution in [0.15, 0.2) is 65.1 Å². The van der Waals surface area contributed by atoms with Gasteiger partial charge in [-0.25, -0.2) is 4.39 Å². The Balaban J connectivity index is 1.94. The maximum Gasteiger partial charge on any atom is 0.175 e. The number of halogens is 3. The zero-order chi connectivity index (χ0) is 21.5. The average molecular weight is 487 g/mol. The molecule has 0 atom stereocenters. The van der Waals surface area contributed by atoms with Gasteiger partial charge in [0.1, 0.15) is 12.4 Å². The summed E-state index contributed by atoms with van der Waals surface area (Å²) >= 11 is 9.74. The maximum atomic E-state index is 13.5. The topological polar surface area (TPSA) is 42.2 Å². The third-order valence-electron chi connectivity index (χ3n) is 4.23. The van der Waals surface area contributed by atoms with Crippen molar-refractivity contribution in [2.24, 2.45) is 0 Å². The number of nitrogens with zero attached hydrogens (tertiary/aromatic N) is 1. The number of rotatable bonds is 7. The van der Waals surface area contributed by atoms with Gasteiger partial charge in [-0.1, -0.05) is 41.9 Å². The highest BCUT2D eigenvalue weighted by molar-refractivity contribution is 9.10. The molecule has 0 amide bonds. The molecule has 0 heterocycles. The second-order valence-corrected chi connectivity index (χ2v) is 7.58. The number of hydrogen-bond acceptors (Lipinski definition) is 3. The fourth-order valence-corrected chi connectivity index (χ4v) is 3.61. The van der Waals surface area contributed by atoms with E-state index in [1.165, 1.54) is 12.1 Å². The molecule has 152 valence electrons. The van der Waals surface area contributed by atoms with Crippen molar-refractivity contribution in [3.8, 4) is 17.6 Å². The van der Waals surface area contributed by atoms with Crippen LogP contribution < -0.4 is 9.47 Å². The van der Waals surface area contributed by atoms with Crippen LogP contribution in [0.3, 0.4) is 0 Å². The molecule has 0 aromatic heterocycles. The smallest absolute Gasteiger partial charge is 0.175 e. The summed E-state index contributed by atoms with van der Waals surface area (Å²) in [5.74, 6) is 0.674. The SMILES string of the molecule is CCOc1cc(/C=C(/C#N)c2cccc(F)c2)cc(Br)c1OCc1ccccc1Cl. The van der Waals surface area contributed by atoms with Crippen molar-refractivity contribution in [1.29, 1.82) is 5.26 Å². The summed E-state index contributed by atoms with van der Waals surface area (Å²) in [5.41, 5.74) is 2.42. The van der Waals surface area contributed by atoms with Crippen LogP contribution >= 0.6 is 27.5 Å². The number of hydrogen-bond donors (Lipinski definition) is 0. The quantitative estimate of drug-likeness (QED) is 0.260. The normalized spacial score (nSPS) is 11.1. The van der Waals surface area contributed by atoms with Crippen LogP contribution in [0, 0.1) is 17.1 Å². The van der Waals surface area contributed by atoms with Crippen LogP contribution in [0.4, 0.5) is 4.39 Å². The van der Waals surface area contributed by atoms with Gasteiger partial charge in [-0.15, -0.1) is 0 Å². The summed E-state index contributed by atoms with van der Waals surface area (Å²) in [6.07, 6.45) is 1.68. The standard InChI is InChI=1S/C24H18BrClFNO2/c1-2-29-23-12-16(10-19(14-28)17-7-5-8-20(27)13-17)11-21(25)24(23)30-15-18-6-3-4-9-22(18)26/h3-13H,2,15H2,1H3/b19-10-. The molecule has 3 aromatic rings. The molecule has 0 aliphatic rings. The molecule has 3 nitrogen and oxygen atoms in total. The van der Waals surface area contributed by atoms with Crippen LogP contribution in [0.1, 0.15) is 23.6 Å². The first-order valence-corrected chi connectivity index (χ1v) is 10.4. The lowest BCUT2D eigenvalue weighted by Crippen LogP contribution is -2.01. The second kappa shape index (κ2) is 10.3. The predicted octanol–water partition coefficient (Wildman–Crippen LogP) is 7.28. The molecule has 6 heteroatoms. The fraction of sp³-hybridized carbons (Fsp3) is 0.125. The minimum absolute atomic E-state index is 0.278. The third kappa shape index (κ3) is 5.41. The number of allylic oxidation sites excluding steroid dienone is 1. The molecule has 0 aliphatic heterocycles. The lowest BCUT2D eigenvalue weighted by molar-refractivity contribution is 0.267. The van der Waals surface area contributed by atoms with E-state index in [2.05, 4.69) is 22.0 Å². The summed E-state index contributed by atoms with van der Waals surface area (Å²) in [5, 5.41) is 10.2. The largest absolute Gasteiger partial charge is 0.490 e. The van der Waals surface area contributed by atoms with Crippen LogP contribution in [0.5, 0.6) is 11.5 Å². The van der Waals surface area contributed by atoms with Crippen molar-refractivity contribution in [2.45, 2.75) is 13.5 Å². The van der Waals surface area contributed by atoms with Crippen molar-refractivity contribution >= 4 is 39.2 Å². The third-order valence-corrected chi connectivity index (χ3v) is 5.19. The van der Waals surface area contributed by atoms with Crippen molar-refractivity contribution in [1.82, 2.24) is 0 Å². The first-order valence-electron chi connectivity index (χ1n) is 9.22. The Labute approximate surface area is 188 Å². The van der Waals surface area contributed by atoms with Gasteiger partial charge in [-0.3, -0.25) is 0 Å². The van der Waals surface area contributed by atoms with Gasteiger partial charge in [-0.05, 0) is 70.4 Å². The summed E-state index contributed by atoms with van der Waals surface area (Å²) in [6, 6.07) is 19.1. The van der Waals surface area contributed by atoms with E-state index in [0.29, 0.717) is 38.7 Å². The summed E-state index contributed by atoms with van der Waals surface area (Å²) in [7, 11) is 0. The van der Waals surface area contributed by atoms with Gasteiger partial charge < -0.3 is 9.47 Å². The lowest BCUT2D eigenvalue weighted by atomic mass is 10.0. The van der Waals surface area contributed by atoms with Crippen LogP contribution in [0.25, 0.3) is 11.6 Å². The first-order chi connectivity index (χ1) is 14.5. The molecule has 0 aliphatic carbocycles. The molecule has 0 unspecified atom stereocenters. The average Bonchev–Trinajstić information content (AvgIpc) is 2.73. The van der Waals surface area contributed by atoms with Crippen molar-refractivity contribution in [3.05, 3.63) is 92.7 Å². The second-order valence-electron chi connectivity index (χ2n) is 6.32. The molecule has 0 fully saturated rings. The molecule has 0 radical (unpaired) electrons. The maximum absolute atomic E-state index is 13.5. The Hall–Kier alpha value is -2.81. The summed E-state index contributed by atoms with van der Waals surface area (Å²) in [4.78, 5) is 0. The van der Waals surface area contributed by atoms with E-state index in [9.17, 15) is 9.65 Å². The van der Waals surface area contributed by atoms with Crippen LogP contribution in [-0.2, 0) is 6.61 Å². The first kappa shape index (κ1) is 21.9. The van der Waals surface area contributed by atoms with E-state index < -0.39 is 5.82 Å². The highest BCUT2D eigenvalue weighted by Crippen LogP contribution is 2.38. The molecule has 0 saturated carbocycles. The number of ether oxygens (including phenoxy) is 2. The van der Waals surface area contributed by atoms with Gasteiger partial charge in [0, 0.05) is 10.6 Å². The minimum Gasteiger partial charge on any atom is -0.490 e. The van der Waals surface area contributed by atoms with Crippen LogP contribution in [0.2, 0.25) is 5.02 Å². The molecule has 3 rings (SSSR count). The summed E-state index contributed by atoms with van der Waals surface area (Å²) < 4.78 is 26.0. The zero-order valence-corrected chi connectivity index (χ0v) is 18.5. The van der Waals surface area contributed by atoms with Crippen molar-refractivity contribution in [2.75, 3.05) is 6.61 Å². The van der Waals surface area contributed by atoms with Gasteiger partial charge in [0.05, 0.1) is 22.7 Å². The molecule has 30 heavy (non-hydrogen) atoms. The van der Waals surface area contributed by atoms with Crippen LogP contribution in [-0.4, -0.2) is 6.61 Å². The van der Waals surface area contributed by atoms with Crippen molar-refractivity contribution in [3.63, 3.8) is 0 Å². The molecule has 3 aromatic carbocycles. The van der Waals surface area contributed by atoms with Crippen molar-refractivity contribution < 1.29 is 13.9 Å². The molecule has 0 N–H and O–H groups in total. The molecular weight excluding hydrogens is 469 g/mol. The Morgan fingerprint density at radius 3 is 2.63 bits per heavy atom. The van der Waals surface area contributed by atoms with Gasteiger partial charge in [0.15, 0.2) is 11.5 Å². The monoisotopic (exact) mass is 485 g/mol. The zero-order valence-electron chi connectivity index (χ0n) is 16.2. The predicted molar refractivity (Wildman–Crippen MR) is 121 cm³/mol.